The van der Waals surface area contributed by atoms with Crippen molar-refractivity contribution in [1.82, 2.24) is 30.7 Å². The van der Waals surface area contributed by atoms with Crippen LogP contribution < -0.4 is 10.6 Å². The first kappa shape index (κ1) is 22.0. The third kappa shape index (κ3) is 6.69. The highest BCUT2D eigenvalue weighted by Crippen LogP contribution is 2.24. The van der Waals surface area contributed by atoms with Crippen LogP contribution in [0.2, 0.25) is 0 Å². The lowest BCUT2D eigenvalue weighted by molar-refractivity contribution is 0.0491. The number of H-pyrrole nitrogens is 1. The van der Waals surface area contributed by atoms with E-state index >= 15 is 0 Å². The Kier molecular flexibility index (Phi) is 7.65. The van der Waals surface area contributed by atoms with Crippen molar-refractivity contribution in [3.63, 3.8) is 0 Å². The van der Waals surface area contributed by atoms with Gasteiger partial charge in [-0.2, -0.15) is 5.10 Å². The van der Waals surface area contributed by atoms with Gasteiger partial charge in [0.15, 0.2) is 5.96 Å². The summed E-state index contributed by atoms with van der Waals surface area (Å²) in [6.45, 7) is 12.1. The standard InChI is InChI=1S/C19H35N7O2/c1-13(2)15(24-18(27)28-19(3,4)5)11-21-17(20-6)26-9-7-14(8-10-26)16-22-12-23-25-16/h12-15H,7-11H2,1-6H3,(H,20,21)(H,24,27)(H,22,23,25). The third-order valence-electron chi connectivity index (χ3n) is 4.81. The monoisotopic (exact) mass is 393 g/mol. The number of ether oxygens (including phenoxy) is 1. The van der Waals surface area contributed by atoms with Gasteiger partial charge in [-0.15, -0.1) is 0 Å². The number of alkyl carbamates (subject to hydrolysis) is 1. The zero-order chi connectivity index (χ0) is 20.7. The van der Waals surface area contributed by atoms with E-state index in [-0.39, 0.29) is 12.0 Å². The van der Waals surface area contributed by atoms with E-state index in [1.165, 1.54) is 0 Å². The fourth-order valence-corrected chi connectivity index (χ4v) is 3.22. The molecule has 9 nitrogen and oxygen atoms in total. The average molecular weight is 394 g/mol. The molecule has 1 aromatic heterocycles. The first-order valence-corrected chi connectivity index (χ1v) is 10.00. The number of guanidine groups is 1. The number of rotatable bonds is 5. The second kappa shape index (κ2) is 9.75. The molecule has 0 aromatic carbocycles. The first-order chi connectivity index (χ1) is 13.2. The number of likely N-dealkylation sites (tertiary alicyclic amines) is 1. The van der Waals surface area contributed by atoms with Gasteiger partial charge in [0, 0.05) is 32.6 Å². The van der Waals surface area contributed by atoms with Gasteiger partial charge in [-0.25, -0.2) is 9.78 Å². The number of amides is 1. The minimum absolute atomic E-state index is 0.0571. The molecule has 0 radical (unpaired) electrons. The van der Waals surface area contributed by atoms with E-state index in [0.29, 0.717) is 12.5 Å². The van der Waals surface area contributed by atoms with Crippen LogP contribution in [-0.2, 0) is 4.74 Å². The highest BCUT2D eigenvalue weighted by molar-refractivity contribution is 5.80. The van der Waals surface area contributed by atoms with Crippen LogP contribution in [-0.4, -0.2) is 70.5 Å². The van der Waals surface area contributed by atoms with Crippen LogP contribution in [0.5, 0.6) is 0 Å². The summed E-state index contributed by atoms with van der Waals surface area (Å²) in [5, 5.41) is 13.3. The van der Waals surface area contributed by atoms with E-state index in [2.05, 4.69) is 49.6 Å². The molecular formula is C19H35N7O2. The van der Waals surface area contributed by atoms with Crippen LogP contribution in [0.15, 0.2) is 11.3 Å². The van der Waals surface area contributed by atoms with E-state index in [1.807, 2.05) is 20.8 Å². The minimum Gasteiger partial charge on any atom is -0.444 e. The number of piperidine rings is 1. The Morgan fingerprint density at radius 3 is 2.57 bits per heavy atom. The number of carbonyl (C=O) groups is 1. The zero-order valence-corrected chi connectivity index (χ0v) is 18.0. The number of hydrogen-bond acceptors (Lipinski definition) is 5. The summed E-state index contributed by atoms with van der Waals surface area (Å²) in [5.41, 5.74) is -0.511. The predicted molar refractivity (Wildman–Crippen MR) is 109 cm³/mol. The Labute approximate surface area is 167 Å². The minimum atomic E-state index is -0.511. The summed E-state index contributed by atoms with van der Waals surface area (Å²) in [5.74, 6) is 2.49. The SMILES string of the molecule is CN=C(NCC(NC(=O)OC(C)(C)C)C(C)C)N1CCC(c2ncn[nH]2)CC1. The Balaban J connectivity index is 1.85. The highest BCUT2D eigenvalue weighted by atomic mass is 16.6. The molecule has 9 heteroatoms. The molecule has 1 unspecified atom stereocenters. The van der Waals surface area contributed by atoms with Crippen LogP contribution in [0, 0.1) is 5.92 Å². The number of nitrogens with one attached hydrogen (secondary N) is 3. The molecule has 0 aliphatic carbocycles. The van der Waals surface area contributed by atoms with Crippen LogP contribution in [0.25, 0.3) is 0 Å². The Morgan fingerprint density at radius 2 is 2.07 bits per heavy atom. The maximum Gasteiger partial charge on any atom is 0.407 e. The van der Waals surface area contributed by atoms with Gasteiger partial charge in [-0.05, 0) is 39.5 Å². The van der Waals surface area contributed by atoms with Gasteiger partial charge >= 0.3 is 6.09 Å². The molecule has 3 N–H and O–H groups in total. The zero-order valence-electron chi connectivity index (χ0n) is 18.0. The molecule has 0 bridgehead atoms. The molecule has 1 aliphatic rings. The second-order valence-corrected chi connectivity index (χ2v) is 8.56. The number of aliphatic imine (C=N–C) groups is 1. The second-order valence-electron chi connectivity index (χ2n) is 8.56. The molecule has 1 fully saturated rings. The average Bonchev–Trinajstić information content (AvgIpc) is 3.14. The van der Waals surface area contributed by atoms with Crippen molar-refractivity contribution in [1.29, 1.82) is 0 Å². The molecule has 2 rings (SSSR count). The van der Waals surface area contributed by atoms with Crippen molar-refractivity contribution >= 4 is 12.1 Å². The van der Waals surface area contributed by atoms with Gasteiger partial charge < -0.3 is 20.3 Å². The smallest absolute Gasteiger partial charge is 0.407 e. The fourth-order valence-electron chi connectivity index (χ4n) is 3.22. The predicted octanol–water partition coefficient (Wildman–Crippen LogP) is 2.11. The largest absolute Gasteiger partial charge is 0.444 e. The number of nitrogens with zero attached hydrogens (tertiary/aromatic N) is 4. The van der Waals surface area contributed by atoms with Gasteiger partial charge in [-0.3, -0.25) is 10.1 Å². The molecule has 1 aromatic rings. The van der Waals surface area contributed by atoms with Gasteiger partial charge in [0.2, 0.25) is 0 Å². The number of hydrogen-bond donors (Lipinski definition) is 3. The van der Waals surface area contributed by atoms with Crippen molar-refractivity contribution in [2.75, 3.05) is 26.7 Å². The highest BCUT2D eigenvalue weighted by Gasteiger charge is 2.26. The lowest BCUT2D eigenvalue weighted by Gasteiger charge is -2.34. The summed E-state index contributed by atoms with van der Waals surface area (Å²) in [4.78, 5) is 23.1. The van der Waals surface area contributed by atoms with Crippen LogP contribution >= 0.6 is 0 Å². The van der Waals surface area contributed by atoms with Crippen molar-refractivity contribution in [2.45, 2.75) is 65.0 Å². The molecule has 1 atom stereocenters. The molecule has 158 valence electrons. The summed E-state index contributed by atoms with van der Waals surface area (Å²) in [6, 6.07) is -0.0571. The first-order valence-electron chi connectivity index (χ1n) is 10.00. The van der Waals surface area contributed by atoms with Crippen molar-refractivity contribution < 1.29 is 9.53 Å². The van der Waals surface area contributed by atoms with Crippen LogP contribution in [0.4, 0.5) is 4.79 Å². The fraction of sp³-hybridized carbons (Fsp3) is 0.789. The van der Waals surface area contributed by atoms with E-state index in [0.717, 1.165) is 37.7 Å². The number of aromatic nitrogens is 3. The third-order valence-corrected chi connectivity index (χ3v) is 4.81. The van der Waals surface area contributed by atoms with Gasteiger partial charge in [0.05, 0.1) is 6.04 Å². The van der Waals surface area contributed by atoms with Gasteiger partial charge in [0.1, 0.15) is 17.8 Å². The quantitative estimate of drug-likeness (QED) is 0.522. The topological polar surface area (TPSA) is 108 Å². The number of aromatic amines is 1. The normalized spacial score (nSPS) is 17.5. The van der Waals surface area contributed by atoms with Crippen molar-refractivity contribution in [3.05, 3.63) is 12.2 Å². The Hall–Kier alpha value is -2.32. The summed E-state index contributed by atoms with van der Waals surface area (Å²) >= 11 is 0. The van der Waals surface area contributed by atoms with Gasteiger partial charge in [0.25, 0.3) is 0 Å². The lowest BCUT2D eigenvalue weighted by Crippen LogP contribution is -2.52. The summed E-state index contributed by atoms with van der Waals surface area (Å²) in [7, 11) is 1.79. The molecule has 1 amide bonds. The Morgan fingerprint density at radius 1 is 1.39 bits per heavy atom. The molecule has 1 saturated heterocycles. The van der Waals surface area contributed by atoms with E-state index in [1.54, 1.807) is 13.4 Å². The van der Waals surface area contributed by atoms with Gasteiger partial charge in [-0.1, -0.05) is 13.8 Å². The molecule has 0 saturated carbocycles. The Bertz CT molecular complexity index is 629. The van der Waals surface area contributed by atoms with E-state index < -0.39 is 11.7 Å². The lowest BCUT2D eigenvalue weighted by atomic mass is 9.96. The van der Waals surface area contributed by atoms with E-state index in [4.69, 9.17) is 4.74 Å². The molecule has 0 spiro atoms. The molecule has 2 heterocycles. The van der Waals surface area contributed by atoms with Crippen molar-refractivity contribution in [3.8, 4) is 0 Å². The molecule has 28 heavy (non-hydrogen) atoms. The van der Waals surface area contributed by atoms with E-state index in [9.17, 15) is 4.79 Å². The molecule has 1 aliphatic heterocycles. The summed E-state index contributed by atoms with van der Waals surface area (Å²) < 4.78 is 5.38. The number of carbonyl (C=O) groups excluding carboxylic acids is 1. The maximum atomic E-state index is 12.1. The van der Waals surface area contributed by atoms with Crippen LogP contribution in [0.3, 0.4) is 0 Å². The summed E-state index contributed by atoms with van der Waals surface area (Å²) in [6.07, 6.45) is 3.17. The van der Waals surface area contributed by atoms with Crippen molar-refractivity contribution in [2.24, 2.45) is 10.9 Å². The maximum absolute atomic E-state index is 12.1. The molecular weight excluding hydrogens is 358 g/mol. The van der Waals surface area contributed by atoms with Crippen LogP contribution in [0.1, 0.15) is 59.2 Å².